The van der Waals surface area contributed by atoms with E-state index in [0.717, 1.165) is 6.07 Å². The van der Waals surface area contributed by atoms with E-state index in [9.17, 15) is 13.2 Å². The lowest BCUT2D eigenvalue weighted by molar-refractivity contribution is 0.144. The first kappa shape index (κ1) is 10.9. The van der Waals surface area contributed by atoms with Crippen molar-refractivity contribution in [3.8, 4) is 0 Å². The van der Waals surface area contributed by atoms with Crippen molar-refractivity contribution in [2.45, 2.75) is 19.6 Å². The molecule has 0 aliphatic carbocycles. The highest BCUT2D eigenvalue weighted by molar-refractivity contribution is 5.31. The molecule has 0 fully saturated rings. The molecule has 0 aliphatic rings. The van der Waals surface area contributed by atoms with E-state index >= 15 is 0 Å². The zero-order valence-electron chi connectivity index (χ0n) is 7.17. The molecule has 0 radical (unpaired) electrons. The normalized spacial score (nSPS) is 11.0. The highest BCUT2D eigenvalue weighted by Crippen LogP contribution is 2.26. The monoisotopic (exact) mass is 206 g/mol. The van der Waals surface area contributed by atoms with Gasteiger partial charge in [-0.25, -0.2) is 13.8 Å². The molecule has 1 aromatic rings. The Hall–Kier alpha value is -1.14. The number of rotatable bonds is 3. The second kappa shape index (κ2) is 4.39. The van der Waals surface area contributed by atoms with E-state index in [1.54, 1.807) is 0 Å². The van der Waals surface area contributed by atoms with E-state index in [0.29, 0.717) is 0 Å². The van der Waals surface area contributed by atoms with E-state index in [1.165, 1.54) is 0 Å². The Morgan fingerprint density at radius 2 is 2.14 bits per heavy atom. The number of hydrogen-bond acceptors (Lipinski definition) is 3. The molecule has 0 saturated heterocycles. The molecule has 6 heteroatoms. The Labute approximate surface area is 78.4 Å². The van der Waals surface area contributed by atoms with Gasteiger partial charge >= 0.3 is 0 Å². The minimum atomic E-state index is -2.82. The summed E-state index contributed by atoms with van der Waals surface area (Å²) >= 11 is 0. The molecule has 14 heavy (non-hydrogen) atoms. The molecule has 1 heterocycles. The van der Waals surface area contributed by atoms with Crippen LogP contribution in [0.15, 0.2) is 6.07 Å². The molecule has 0 aliphatic heterocycles. The number of pyridine rings is 1. The van der Waals surface area contributed by atoms with Gasteiger partial charge in [0.15, 0.2) is 0 Å². The lowest BCUT2D eigenvalue weighted by Gasteiger charge is -2.10. The SMILES string of the molecule is NCc1cc(F)nc(CO)c1C(F)F. The average molecular weight is 206 g/mol. The Kier molecular flexibility index (Phi) is 3.43. The second-order valence-electron chi connectivity index (χ2n) is 2.63. The number of nitrogens with zero attached hydrogens (tertiary/aromatic N) is 1. The van der Waals surface area contributed by atoms with Crippen molar-refractivity contribution in [1.82, 2.24) is 4.98 Å². The van der Waals surface area contributed by atoms with Crippen molar-refractivity contribution in [2.24, 2.45) is 5.73 Å². The smallest absolute Gasteiger partial charge is 0.266 e. The number of hydrogen-bond donors (Lipinski definition) is 2. The van der Waals surface area contributed by atoms with Gasteiger partial charge in [0.2, 0.25) is 5.95 Å². The van der Waals surface area contributed by atoms with Crippen LogP contribution in [0.5, 0.6) is 0 Å². The zero-order chi connectivity index (χ0) is 10.7. The molecule has 0 aromatic carbocycles. The predicted octanol–water partition coefficient (Wildman–Crippen LogP) is 1.11. The zero-order valence-corrected chi connectivity index (χ0v) is 7.17. The summed E-state index contributed by atoms with van der Waals surface area (Å²) < 4.78 is 37.7. The molecular formula is C8H9F3N2O. The maximum atomic E-state index is 12.7. The summed E-state index contributed by atoms with van der Waals surface area (Å²) in [5.74, 6) is -0.918. The molecule has 0 bridgehead atoms. The van der Waals surface area contributed by atoms with Crippen LogP contribution in [0.2, 0.25) is 0 Å². The van der Waals surface area contributed by atoms with Crippen LogP contribution in [0.1, 0.15) is 23.2 Å². The minimum absolute atomic E-state index is 0.0310. The van der Waals surface area contributed by atoms with Crippen LogP contribution in [-0.4, -0.2) is 10.1 Å². The van der Waals surface area contributed by atoms with Gasteiger partial charge in [0, 0.05) is 12.1 Å². The van der Waals surface area contributed by atoms with Gasteiger partial charge in [-0.15, -0.1) is 0 Å². The highest BCUT2D eigenvalue weighted by Gasteiger charge is 2.19. The fourth-order valence-electron chi connectivity index (χ4n) is 1.18. The molecule has 0 unspecified atom stereocenters. The number of aromatic nitrogens is 1. The Morgan fingerprint density at radius 3 is 2.57 bits per heavy atom. The van der Waals surface area contributed by atoms with Crippen LogP contribution in [0.3, 0.4) is 0 Å². The van der Waals surface area contributed by atoms with Crippen LogP contribution >= 0.6 is 0 Å². The van der Waals surface area contributed by atoms with Crippen LogP contribution in [0.4, 0.5) is 13.2 Å². The summed E-state index contributed by atoms with van der Waals surface area (Å²) in [6.45, 7) is -0.948. The van der Waals surface area contributed by atoms with Crippen LogP contribution in [-0.2, 0) is 13.2 Å². The number of alkyl halides is 2. The van der Waals surface area contributed by atoms with Crippen molar-refractivity contribution >= 4 is 0 Å². The maximum Gasteiger partial charge on any atom is 0.266 e. The summed E-state index contributed by atoms with van der Waals surface area (Å²) in [4.78, 5) is 3.17. The Bertz CT molecular complexity index is 305. The molecular weight excluding hydrogens is 197 g/mol. The first-order chi connectivity index (χ1) is 6.60. The molecule has 1 aromatic heterocycles. The fourth-order valence-corrected chi connectivity index (χ4v) is 1.18. The molecule has 3 N–H and O–H groups in total. The summed E-state index contributed by atoms with van der Waals surface area (Å²) in [6.07, 6.45) is -2.82. The Morgan fingerprint density at radius 1 is 1.50 bits per heavy atom. The van der Waals surface area contributed by atoms with Gasteiger partial charge in [-0.3, -0.25) is 0 Å². The van der Waals surface area contributed by atoms with Crippen molar-refractivity contribution in [2.75, 3.05) is 0 Å². The molecule has 1 rings (SSSR count). The maximum absolute atomic E-state index is 12.7. The molecule has 0 saturated carbocycles. The van der Waals surface area contributed by atoms with Crippen LogP contribution in [0, 0.1) is 5.95 Å². The van der Waals surface area contributed by atoms with Gasteiger partial charge in [0.1, 0.15) is 0 Å². The molecule has 0 amide bonds. The van der Waals surface area contributed by atoms with Gasteiger partial charge in [-0.1, -0.05) is 0 Å². The number of aliphatic hydroxyl groups is 1. The number of halogens is 3. The fraction of sp³-hybridized carbons (Fsp3) is 0.375. The van der Waals surface area contributed by atoms with Gasteiger partial charge in [-0.05, 0) is 11.6 Å². The Balaban J connectivity index is 3.33. The second-order valence-corrected chi connectivity index (χ2v) is 2.63. The minimum Gasteiger partial charge on any atom is -0.390 e. The third-order valence-corrected chi connectivity index (χ3v) is 1.78. The van der Waals surface area contributed by atoms with Crippen molar-refractivity contribution in [1.29, 1.82) is 0 Å². The standard InChI is InChI=1S/C8H9F3N2O/c9-6-1-4(2-12)7(8(10)11)5(3-14)13-6/h1,8,14H,2-3,12H2. The summed E-state index contributed by atoms with van der Waals surface area (Å²) in [5.41, 5.74) is 4.30. The molecule has 0 atom stereocenters. The quantitative estimate of drug-likeness (QED) is 0.728. The van der Waals surface area contributed by atoms with Crippen LogP contribution in [0.25, 0.3) is 0 Å². The summed E-state index contributed by atoms with van der Waals surface area (Å²) in [7, 11) is 0. The molecule has 78 valence electrons. The highest BCUT2D eigenvalue weighted by atomic mass is 19.3. The van der Waals surface area contributed by atoms with Crippen molar-refractivity contribution in [3.63, 3.8) is 0 Å². The first-order valence-electron chi connectivity index (χ1n) is 3.87. The third kappa shape index (κ3) is 2.02. The summed E-state index contributed by atoms with van der Waals surface area (Å²) in [5, 5.41) is 8.71. The lowest BCUT2D eigenvalue weighted by atomic mass is 10.1. The number of aliphatic hydroxyl groups excluding tert-OH is 1. The molecule has 3 nitrogen and oxygen atoms in total. The van der Waals surface area contributed by atoms with Crippen molar-refractivity contribution in [3.05, 3.63) is 28.8 Å². The third-order valence-electron chi connectivity index (χ3n) is 1.78. The lowest BCUT2D eigenvalue weighted by Crippen LogP contribution is -2.09. The molecule has 0 spiro atoms. The van der Waals surface area contributed by atoms with Gasteiger partial charge < -0.3 is 10.8 Å². The van der Waals surface area contributed by atoms with Crippen molar-refractivity contribution < 1.29 is 18.3 Å². The topological polar surface area (TPSA) is 59.1 Å². The van der Waals surface area contributed by atoms with E-state index in [2.05, 4.69) is 4.98 Å². The van der Waals surface area contributed by atoms with Gasteiger partial charge in [-0.2, -0.15) is 4.39 Å². The first-order valence-corrected chi connectivity index (χ1v) is 3.87. The van der Waals surface area contributed by atoms with E-state index in [4.69, 9.17) is 10.8 Å². The van der Waals surface area contributed by atoms with Gasteiger partial charge in [0.05, 0.1) is 12.3 Å². The number of nitrogens with two attached hydrogens (primary N) is 1. The van der Waals surface area contributed by atoms with Crippen LogP contribution < -0.4 is 5.73 Å². The average Bonchev–Trinajstić information content (AvgIpc) is 2.15. The summed E-state index contributed by atoms with van der Waals surface area (Å²) in [6, 6.07) is 0.848. The van der Waals surface area contributed by atoms with E-state index in [-0.39, 0.29) is 17.8 Å². The largest absolute Gasteiger partial charge is 0.390 e. The predicted molar refractivity (Wildman–Crippen MR) is 43.0 cm³/mol. The van der Waals surface area contributed by atoms with E-state index < -0.39 is 24.5 Å². The van der Waals surface area contributed by atoms with Gasteiger partial charge in [0.25, 0.3) is 6.43 Å². The van der Waals surface area contributed by atoms with E-state index in [1.807, 2.05) is 0 Å².